The first kappa shape index (κ1) is 27.7. The number of piperidine rings is 1. The van der Waals surface area contributed by atoms with Gasteiger partial charge in [0.25, 0.3) is 5.91 Å². The number of hydrogen-bond donors (Lipinski definition) is 1. The van der Waals surface area contributed by atoms with Gasteiger partial charge >= 0.3 is 6.03 Å². The quantitative estimate of drug-likeness (QED) is 0.283. The van der Waals surface area contributed by atoms with Crippen LogP contribution >= 0.6 is 0 Å². The highest BCUT2D eigenvalue weighted by Crippen LogP contribution is 2.27. The van der Waals surface area contributed by atoms with E-state index in [4.69, 9.17) is 9.68 Å². The van der Waals surface area contributed by atoms with Crippen LogP contribution < -0.4 is 10.2 Å². The third kappa shape index (κ3) is 6.67. The van der Waals surface area contributed by atoms with Gasteiger partial charge in [0.2, 0.25) is 0 Å². The van der Waals surface area contributed by atoms with Crippen molar-refractivity contribution in [1.82, 2.24) is 19.8 Å². The Morgan fingerprint density at radius 1 is 1.02 bits per heavy atom. The van der Waals surface area contributed by atoms with Gasteiger partial charge in [0, 0.05) is 43.6 Å². The molecule has 0 radical (unpaired) electrons. The second-order valence-electron chi connectivity index (χ2n) is 10.2. The monoisotopic (exact) mass is 550 g/mol. The first-order chi connectivity index (χ1) is 20.1. The summed E-state index contributed by atoms with van der Waals surface area (Å²) in [5.74, 6) is 0.894. The van der Waals surface area contributed by atoms with E-state index in [1.165, 1.54) is 0 Å². The van der Waals surface area contributed by atoms with E-state index in [2.05, 4.69) is 16.4 Å². The number of urea groups is 1. The fourth-order valence-corrected chi connectivity index (χ4v) is 4.94. The summed E-state index contributed by atoms with van der Waals surface area (Å²) in [4.78, 5) is 34.0. The lowest BCUT2D eigenvalue weighted by Gasteiger charge is -2.25. The Bertz CT molecular complexity index is 1510. The van der Waals surface area contributed by atoms with Crippen LogP contribution in [0, 0.1) is 11.3 Å². The SMILES string of the molecule is CCCNC(=O)N(Cc1cncn1Cc1ccc(C#N)cc1)c1ccc(-c2ccc(C(=O)N3CCCCC3)o2)cc1. The molecule has 1 aliphatic rings. The van der Waals surface area contributed by atoms with Crippen molar-refractivity contribution in [2.45, 2.75) is 45.7 Å². The lowest BCUT2D eigenvalue weighted by molar-refractivity contribution is 0.0693. The highest BCUT2D eigenvalue weighted by atomic mass is 16.4. The summed E-state index contributed by atoms with van der Waals surface area (Å²) in [6, 6.07) is 20.5. The zero-order valence-corrected chi connectivity index (χ0v) is 23.3. The van der Waals surface area contributed by atoms with Crippen molar-refractivity contribution in [1.29, 1.82) is 5.26 Å². The highest BCUT2D eigenvalue weighted by Gasteiger charge is 2.22. The minimum Gasteiger partial charge on any atom is -0.451 e. The van der Waals surface area contributed by atoms with Gasteiger partial charge in [-0.15, -0.1) is 0 Å². The molecule has 0 saturated carbocycles. The van der Waals surface area contributed by atoms with E-state index < -0.39 is 0 Å². The number of furan rings is 1. The minimum atomic E-state index is -0.196. The van der Waals surface area contributed by atoms with Crippen LogP contribution in [-0.2, 0) is 13.1 Å². The number of anilines is 1. The van der Waals surface area contributed by atoms with Crippen molar-refractivity contribution in [3.63, 3.8) is 0 Å². The standard InChI is InChI=1S/C32H34N6O3/c1-2-16-35-32(40)38(22-28-20-34-23-37(28)21-25-8-6-24(19-33)7-9-25)27-12-10-26(11-13-27)29-14-15-30(41-29)31(39)36-17-4-3-5-18-36/h6-15,20,23H,2-5,16-18,21-22H2,1H3,(H,35,40). The number of likely N-dealkylation sites (tertiary alicyclic amines) is 1. The number of amides is 3. The fraction of sp³-hybridized carbons (Fsp3) is 0.312. The van der Waals surface area contributed by atoms with Gasteiger partial charge in [-0.3, -0.25) is 9.69 Å². The van der Waals surface area contributed by atoms with Gasteiger partial charge in [0.15, 0.2) is 5.76 Å². The molecule has 4 aromatic rings. The second-order valence-corrected chi connectivity index (χ2v) is 10.2. The molecule has 0 bridgehead atoms. The number of benzene rings is 2. The molecular formula is C32H34N6O3. The summed E-state index contributed by atoms with van der Waals surface area (Å²) >= 11 is 0. The number of carbonyl (C=O) groups is 2. The molecule has 1 aliphatic heterocycles. The third-order valence-corrected chi connectivity index (χ3v) is 7.25. The maximum absolute atomic E-state index is 13.2. The average Bonchev–Trinajstić information content (AvgIpc) is 3.69. The first-order valence-corrected chi connectivity index (χ1v) is 14.1. The Morgan fingerprint density at radius 2 is 1.78 bits per heavy atom. The molecule has 0 spiro atoms. The van der Waals surface area contributed by atoms with Crippen molar-refractivity contribution in [3.8, 4) is 17.4 Å². The second kappa shape index (κ2) is 13.0. The molecule has 0 atom stereocenters. The van der Waals surface area contributed by atoms with E-state index in [-0.39, 0.29) is 11.9 Å². The number of nitrogens with one attached hydrogen (secondary N) is 1. The average molecular weight is 551 g/mol. The molecule has 0 unspecified atom stereocenters. The van der Waals surface area contributed by atoms with Crippen molar-refractivity contribution in [3.05, 3.63) is 95.8 Å². The summed E-state index contributed by atoms with van der Waals surface area (Å²) in [5, 5.41) is 12.1. The molecule has 2 aromatic carbocycles. The van der Waals surface area contributed by atoms with E-state index in [0.717, 1.165) is 61.3 Å². The largest absolute Gasteiger partial charge is 0.451 e. The predicted molar refractivity (Wildman–Crippen MR) is 156 cm³/mol. The number of hydrogen-bond acceptors (Lipinski definition) is 5. The lowest BCUT2D eigenvalue weighted by atomic mass is 10.1. The maximum atomic E-state index is 13.2. The van der Waals surface area contributed by atoms with Gasteiger partial charge in [0.1, 0.15) is 5.76 Å². The van der Waals surface area contributed by atoms with Crippen LogP contribution in [0.1, 0.15) is 60.0 Å². The van der Waals surface area contributed by atoms with E-state index in [0.29, 0.717) is 36.7 Å². The van der Waals surface area contributed by atoms with E-state index >= 15 is 0 Å². The molecule has 2 aromatic heterocycles. The Morgan fingerprint density at radius 3 is 2.49 bits per heavy atom. The van der Waals surface area contributed by atoms with E-state index in [9.17, 15) is 9.59 Å². The Kier molecular flexibility index (Phi) is 8.79. The van der Waals surface area contributed by atoms with Gasteiger partial charge in [-0.2, -0.15) is 5.26 Å². The number of nitriles is 1. The number of imidazole rings is 1. The van der Waals surface area contributed by atoms with Crippen molar-refractivity contribution in [2.75, 3.05) is 24.5 Å². The topological polar surface area (TPSA) is 107 Å². The zero-order valence-electron chi connectivity index (χ0n) is 23.3. The fourth-order valence-electron chi connectivity index (χ4n) is 4.94. The van der Waals surface area contributed by atoms with Crippen LogP contribution in [0.2, 0.25) is 0 Å². The van der Waals surface area contributed by atoms with E-state index in [1.807, 2.05) is 58.9 Å². The van der Waals surface area contributed by atoms with Crippen molar-refractivity contribution >= 4 is 17.6 Å². The highest BCUT2D eigenvalue weighted by molar-refractivity contribution is 5.93. The summed E-state index contributed by atoms with van der Waals surface area (Å²) in [7, 11) is 0. The van der Waals surface area contributed by atoms with Gasteiger partial charge in [-0.1, -0.05) is 19.1 Å². The molecule has 0 aliphatic carbocycles. The molecule has 1 N–H and O–H groups in total. The number of carbonyl (C=O) groups excluding carboxylic acids is 2. The van der Waals surface area contributed by atoms with Crippen molar-refractivity contribution < 1.29 is 14.0 Å². The molecule has 3 heterocycles. The molecule has 1 fully saturated rings. The normalized spacial score (nSPS) is 13.0. The van der Waals surface area contributed by atoms with Crippen LogP contribution in [0.15, 0.2) is 77.6 Å². The minimum absolute atomic E-state index is 0.0658. The molecular weight excluding hydrogens is 516 g/mol. The van der Waals surface area contributed by atoms with Gasteiger partial charge in [0.05, 0.1) is 30.2 Å². The van der Waals surface area contributed by atoms with Crippen LogP contribution in [-0.4, -0.2) is 46.0 Å². The van der Waals surface area contributed by atoms with Crippen LogP contribution in [0.5, 0.6) is 0 Å². The summed E-state index contributed by atoms with van der Waals surface area (Å²) < 4.78 is 7.94. The Balaban J connectivity index is 1.33. The molecule has 210 valence electrons. The molecule has 41 heavy (non-hydrogen) atoms. The zero-order chi connectivity index (χ0) is 28.6. The van der Waals surface area contributed by atoms with Crippen molar-refractivity contribution in [2.24, 2.45) is 0 Å². The van der Waals surface area contributed by atoms with Gasteiger partial charge < -0.3 is 19.2 Å². The molecule has 5 rings (SSSR count). The van der Waals surface area contributed by atoms with Crippen LogP contribution in [0.25, 0.3) is 11.3 Å². The Labute approximate surface area is 240 Å². The van der Waals surface area contributed by atoms with Crippen LogP contribution in [0.3, 0.4) is 0 Å². The van der Waals surface area contributed by atoms with E-state index in [1.54, 1.807) is 35.6 Å². The molecule has 9 heteroatoms. The number of aromatic nitrogens is 2. The summed E-state index contributed by atoms with van der Waals surface area (Å²) in [6.07, 6.45) is 7.55. The maximum Gasteiger partial charge on any atom is 0.322 e. The molecule has 3 amide bonds. The molecule has 1 saturated heterocycles. The van der Waals surface area contributed by atoms with Crippen LogP contribution in [0.4, 0.5) is 10.5 Å². The third-order valence-electron chi connectivity index (χ3n) is 7.25. The Hall–Kier alpha value is -4.84. The summed E-state index contributed by atoms with van der Waals surface area (Å²) in [5.41, 5.74) is 4.07. The van der Waals surface area contributed by atoms with Gasteiger partial charge in [-0.25, -0.2) is 9.78 Å². The number of rotatable bonds is 9. The molecule has 9 nitrogen and oxygen atoms in total. The number of nitrogens with zero attached hydrogens (tertiary/aromatic N) is 5. The van der Waals surface area contributed by atoms with Gasteiger partial charge in [-0.05, 0) is 79.8 Å². The smallest absolute Gasteiger partial charge is 0.322 e. The summed E-state index contributed by atoms with van der Waals surface area (Å²) in [6.45, 7) is 5.01. The lowest BCUT2D eigenvalue weighted by Crippen LogP contribution is -2.40. The predicted octanol–water partition coefficient (Wildman–Crippen LogP) is 5.82. The first-order valence-electron chi connectivity index (χ1n) is 14.1.